The van der Waals surface area contributed by atoms with Crippen molar-refractivity contribution in [1.29, 1.82) is 0 Å². The van der Waals surface area contributed by atoms with E-state index in [2.05, 4.69) is 6.08 Å². The van der Waals surface area contributed by atoms with E-state index in [1.807, 2.05) is 6.08 Å². The number of esters is 1. The van der Waals surface area contributed by atoms with Crippen LogP contribution in [0, 0.1) is 0 Å². The fraction of sp³-hybridized carbons (Fsp3) is 0.800. The van der Waals surface area contributed by atoms with Crippen LogP contribution < -0.4 is 0 Å². The molecular formula is C15H26O3. The Morgan fingerprint density at radius 3 is 2.44 bits per heavy atom. The fourth-order valence-electron chi connectivity index (χ4n) is 1.99. The number of rotatable bonds is 0. The summed E-state index contributed by atoms with van der Waals surface area (Å²) in [6.07, 6.45) is 13.4. The third-order valence-corrected chi connectivity index (χ3v) is 3.20. The van der Waals surface area contributed by atoms with Gasteiger partial charge in [0, 0.05) is 0 Å². The molecule has 3 heteroatoms. The lowest BCUT2D eigenvalue weighted by Gasteiger charge is -2.11. The summed E-state index contributed by atoms with van der Waals surface area (Å²) in [7, 11) is 0. The Labute approximate surface area is 111 Å². The van der Waals surface area contributed by atoms with Crippen LogP contribution in [0.4, 0.5) is 0 Å². The second kappa shape index (κ2) is 10.1. The molecule has 104 valence electrons. The SMILES string of the molecule is CC1OC/C=C/CCCCCCCCCOC1=O. The van der Waals surface area contributed by atoms with Gasteiger partial charge in [0.05, 0.1) is 13.2 Å². The standard InChI is InChI=1S/C15H26O3/c1-14-15(16)18-13-11-9-7-5-3-2-4-6-8-10-12-17-14/h8,10,14H,2-7,9,11-13H2,1H3/b10-8+. The first-order chi connectivity index (χ1) is 8.80. The summed E-state index contributed by atoms with van der Waals surface area (Å²) in [4.78, 5) is 11.5. The van der Waals surface area contributed by atoms with Gasteiger partial charge in [-0.15, -0.1) is 0 Å². The molecule has 0 bridgehead atoms. The summed E-state index contributed by atoms with van der Waals surface area (Å²) in [5.41, 5.74) is 0. The van der Waals surface area contributed by atoms with E-state index in [4.69, 9.17) is 9.47 Å². The zero-order valence-electron chi connectivity index (χ0n) is 11.5. The first-order valence-corrected chi connectivity index (χ1v) is 7.24. The molecule has 1 unspecified atom stereocenters. The van der Waals surface area contributed by atoms with Crippen LogP contribution in [-0.2, 0) is 14.3 Å². The highest BCUT2D eigenvalue weighted by atomic mass is 16.6. The molecule has 0 radical (unpaired) electrons. The summed E-state index contributed by atoms with van der Waals surface area (Å²) in [5, 5.41) is 0. The number of hydrogen-bond donors (Lipinski definition) is 0. The highest BCUT2D eigenvalue weighted by molar-refractivity contribution is 5.74. The predicted octanol–water partition coefficient (Wildman–Crippen LogP) is 3.63. The van der Waals surface area contributed by atoms with Gasteiger partial charge in [-0.1, -0.05) is 44.3 Å². The van der Waals surface area contributed by atoms with Crippen molar-refractivity contribution in [3.63, 3.8) is 0 Å². The van der Waals surface area contributed by atoms with Crippen LogP contribution in [-0.4, -0.2) is 25.3 Å². The van der Waals surface area contributed by atoms with Gasteiger partial charge in [0.25, 0.3) is 0 Å². The molecule has 0 fully saturated rings. The molecule has 0 aromatic rings. The average molecular weight is 254 g/mol. The minimum atomic E-state index is -0.456. The third kappa shape index (κ3) is 7.49. The van der Waals surface area contributed by atoms with Crippen molar-refractivity contribution < 1.29 is 14.3 Å². The Hall–Kier alpha value is -0.830. The molecule has 0 N–H and O–H groups in total. The van der Waals surface area contributed by atoms with Crippen LogP contribution >= 0.6 is 0 Å². The normalized spacial score (nSPS) is 27.4. The van der Waals surface area contributed by atoms with Crippen LogP contribution in [0.3, 0.4) is 0 Å². The van der Waals surface area contributed by atoms with Crippen molar-refractivity contribution in [3.8, 4) is 0 Å². The molecule has 1 aliphatic heterocycles. The highest BCUT2D eigenvalue weighted by Gasteiger charge is 2.13. The van der Waals surface area contributed by atoms with Crippen molar-refractivity contribution in [2.45, 2.75) is 64.4 Å². The van der Waals surface area contributed by atoms with Crippen LogP contribution in [0.15, 0.2) is 12.2 Å². The summed E-state index contributed by atoms with van der Waals surface area (Å²) in [5.74, 6) is -0.240. The molecule has 0 spiro atoms. The van der Waals surface area contributed by atoms with Crippen molar-refractivity contribution in [3.05, 3.63) is 12.2 Å². The average Bonchev–Trinajstić information content (AvgIpc) is 2.37. The molecule has 1 rings (SSSR count). The highest BCUT2D eigenvalue weighted by Crippen LogP contribution is 2.09. The molecule has 1 aliphatic rings. The number of ether oxygens (including phenoxy) is 2. The van der Waals surface area contributed by atoms with Crippen LogP contribution in [0.5, 0.6) is 0 Å². The molecule has 1 heterocycles. The number of carbonyl (C=O) groups excluding carboxylic acids is 1. The predicted molar refractivity (Wildman–Crippen MR) is 72.4 cm³/mol. The maximum Gasteiger partial charge on any atom is 0.334 e. The summed E-state index contributed by atoms with van der Waals surface area (Å²) in [6.45, 7) is 2.78. The molecule has 0 amide bonds. The Bertz CT molecular complexity index is 248. The molecule has 0 saturated carbocycles. The van der Waals surface area contributed by atoms with E-state index in [1.165, 1.54) is 32.1 Å². The molecule has 0 aromatic carbocycles. The first-order valence-electron chi connectivity index (χ1n) is 7.24. The first kappa shape index (κ1) is 15.2. The Kier molecular flexibility index (Phi) is 8.57. The topological polar surface area (TPSA) is 35.5 Å². The zero-order chi connectivity index (χ0) is 13.1. The van der Waals surface area contributed by atoms with E-state index in [1.54, 1.807) is 6.92 Å². The lowest BCUT2D eigenvalue weighted by atomic mass is 10.1. The van der Waals surface area contributed by atoms with Crippen molar-refractivity contribution in [2.24, 2.45) is 0 Å². The van der Waals surface area contributed by atoms with Crippen LogP contribution in [0.25, 0.3) is 0 Å². The molecule has 3 nitrogen and oxygen atoms in total. The number of hydrogen-bond acceptors (Lipinski definition) is 3. The molecule has 0 aliphatic carbocycles. The third-order valence-electron chi connectivity index (χ3n) is 3.20. The van der Waals surface area contributed by atoms with E-state index in [9.17, 15) is 4.79 Å². The maximum atomic E-state index is 11.5. The van der Waals surface area contributed by atoms with Crippen LogP contribution in [0.1, 0.15) is 58.3 Å². The van der Waals surface area contributed by atoms with Gasteiger partial charge in [0.1, 0.15) is 0 Å². The van der Waals surface area contributed by atoms with Gasteiger partial charge in [0.15, 0.2) is 6.10 Å². The van der Waals surface area contributed by atoms with E-state index in [0.717, 1.165) is 19.3 Å². The lowest BCUT2D eigenvalue weighted by Crippen LogP contribution is -2.23. The zero-order valence-corrected chi connectivity index (χ0v) is 11.5. The molecule has 1 atom stereocenters. The van der Waals surface area contributed by atoms with E-state index >= 15 is 0 Å². The largest absolute Gasteiger partial charge is 0.464 e. The number of carbonyl (C=O) groups is 1. The van der Waals surface area contributed by atoms with E-state index < -0.39 is 6.10 Å². The van der Waals surface area contributed by atoms with Gasteiger partial charge in [-0.2, -0.15) is 0 Å². The van der Waals surface area contributed by atoms with Crippen molar-refractivity contribution >= 4 is 5.97 Å². The van der Waals surface area contributed by atoms with Crippen LogP contribution in [0.2, 0.25) is 0 Å². The molecule has 0 aromatic heterocycles. The molecule has 0 saturated heterocycles. The monoisotopic (exact) mass is 254 g/mol. The van der Waals surface area contributed by atoms with E-state index in [0.29, 0.717) is 13.2 Å². The fourth-order valence-corrected chi connectivity index (χ4v) is 1.99. The van der Waals surface area contributed by atoms with Gasteiger partial charge >= 0.3 is 5.97 Å². The second-order valence-corrected chi connectivity index (χ2v) is 4.88. The number of allylic oxidation sites excluding steroid dienone is 1. The summed E-state index contributed by atoms with van der Waals surface area (Å²) >= 11 is 0. The van der Waals surface area contributed by atoms with Gasteiger partial charge in [-0.3, -0.25) is 0 Å². The minimum absolute atomic E-state index is 0.240. The Morgan fingerprint density at radius 2 is 1.67 bits per heavy atom. The lowest BCUT2D eigenvalue weighted by molar-refractivity contribution is -0.155. The Balaban J connectivity index is 2.29. The van der Waals surface area contributed by atoms with Crippen molar-refractivity contribution in [1.82, 2.24) is 0 Å². The number of cyclic esters (lactones) is 1. The Morgan fingerprint density at radius 1 is 1.00 bits per heavy atom. The van der Waals surface area contributed by atoms with Crippen molar-refractivity contribution in [2.75, 3.05) is 13.2 Å². The smallest absolute Gasteiger partial charge is 0.334 e. The van der Waals surface area contributed by atoms with Gasteiger partial charge in [-0.05, 0) is 26.2 Å². The van der Waals surface area contributed by atoms with Gasteiger partial charge < -0.3 is 9.47 Å². The maximum absolute atomic E-state index is 11.5. The summed E-state index contributed by atoms with van der Waals surface area (Å²) < 4.78 is 10.6. The minimum Gasteiger partial charge on any atom is -0.464 e. The van der Waals surface area contributed by atoms with Gasteiger partial charge in [-0.25, -0.2) is 4.79 Å². The quantitative estimate of drug-likeness (QED) is 0.489. The summed E-state index contributed by atoms with van der Waals surface area (Å²) in [6, 6.07) is 0. The van der Waals surface area contributed by atoms with Gasteiger partial charge in [0.2, 0.25) is 0 Å². The second-order valence-electron chi connectivity index (χ2n) is 4.88. The van der Waals surface area contributed by atoms with E-state index in [-0.39, 0.29) is 5.97 Å². The molecular weight excluding hydrogens is 228 g/mol. The molecule has 18 heavy (non-hydrogen) atoms.